The van der Waals surface area contributed by atoms with Crippen LogP contribution in [-0.4, -0.2) is 31.8 Å². The van der Waals surface area contributed by atoms with E-state index in [1.807, 2.05) is 12.1 Å². The molecule has 2 aromatic carbocycles. The lowest BCUT2D eigenvalue weighted by Gasteiger charge is -2.23. The second-order valence-electron chi connectivity index (χ2n) is 7.97. The Morgan fingerprint density at radius 1 is 1.10 bits per heavy atom. The van der Waals surface area contributed by atoms with Gasteiger partial charge in [-0.3, -0.25) is 0 Å². The van der Waals surface area contributed by atoms with Crippen molar-refractivity contribution in [3.05, 3.63) is 48.0 Å². The number of anilines is 1. The zero-order valence-electron chi connectivity index (χ0n) is 17.7. The zero-order valence-corrected chi connectivity index (χ0v) is 18.5. The predicted molar refractivity (Wildman–Crippen MR) is 125 cm³/mol. The van der Waals surface area contributed by atoms with E-state index >= 15 is 0 Å². The van der Waals surface area contributed by atoms with Gasteiger partial charge in [-0.25, -0.2) is 4.98 Å². The first-order valence-corrected chi connectivity index (χ1v) is 11.7. The number of methoxy groups -OCH3 is 1. The van der Waals surface area contributed by atoms with Crippen molar-refractivity contribution in [2.45, 2.75) is 38.6 Å². The summed E-state index contributed by atoms with van der Waals surface area (Å²) in [5, 5.41) is 0.998. The van der Waals surface area contributed by atoms with E-state index in [-0.39, 0.29) is 0 Å². The van der Waals surface area contributed by atoms with E-state index in [2.05, 4.69) is 35.2 Å². The minimum Gasteiger partial charge on any atom is -0.493 e. The highest BCUT2D eigenvalue weighted by Gasteiger charge is 2.17. The van der Waals surface area contributed by atoms with Gasteiger partial charge in [-0.05, 0) is 48.6 Å². The molecule has 0 unspecified atom stereocenters. The Morgan fingerprint density at radius 3 is 2.70 bits per heavy atom. The van der Waals surface area contributed by atoms with Crippen LogP contribution in [0.5, 0.6) is 11.5 Å². The van der Waals surface area contributed by atoms with Crippen LogP contribution in [0.2, 0.25) is 0 Å². The van der Waals surface area contributed by atoms with E-state index in [1.165, 1.54) is 36.8 Å². The molecule has 4 rings (SSSR count). The van der Waals surface area contributed by atoms with E-state index in [0.717, 1.165) is 47.4 Å². The van der Waals surface area contributed by atoms with Gasteiger partial charge in [-0.1, -0.05) is 48.8 Å². The second kappa shape index (κ2) is 10.1. The average molecular weight is 426 g/mol. The lowest BCUT2D eigenvalue weighted by Crippen LogP contribution is -2.28. The fourth-order valence-corrected chi connectivity index (χ4v) is 5.10. The van der Waals surface area contributed by atoms with Crippen molar-refractivity contribution in [1.29, 1.82) is 0 Å². The maximum Gasteiger partial charge on any atom is 0.186 e. The first-order chi connectivity index (χ1) is 14.8. The molecule has 0 radical (unpaired) electrons. The maximum absolute atomic E-state index is 6.13. The summed E-state index contributed by atoms with van der Waals surface area (Å²) in [6.45, 7) is 2.84. The van der Waals surface area contributed by atoms with Crippen molar-refractivity contribution in [2.75, 3.05) is 31.7 Å². The van der Waals surface area contributed by atoms with Gasteiger partial charge in [0.1, 0.15) is 0 Å². The topological polar surface area (TPSA) is 60.6 Å². The van der Waals surface area contributed by atoms with Crippen molar-refractivity contribution < 1.29 is 9.47 Å². The van der Waals surface area contributed by atoms with Crippen molar-refractivity contribution in [3.63, 3.8) is 0 Å². The molecule has 0 bridgehead atoms. The van der Waals surface area contributed by atoms with Crippen molar-refractivity contribution in [2.24, 2.45) is 11.7 Å². The van der Waals surface area contributed by atoms with Crippen LogP contribution in [0.25, 0.3) is 10.2 Å². The first kappa shape index (κ1) is 20.9. The van der Waals surface area contributed by atoms with Crippen LogP contribution in [0.4, 0.5) is 5.13 Å². The van der Waals surface area contributed by atoms with Gasteiger partial charge in [0, 0.05) is 19.6 Å². The number of fused-ring (bicyclic) bond motifs is 1. The molecule has 2 N–H and O–H groups in total. The van der Waals surface area contributed by atoms with E-state index in [0.29, 0.717) is 12.5 Å². The van der Waals surface area contributed by atoms with E-state index in [1.54, 1.807) is 18.4 Å². The van der Waals surface area contributed by atoms with Crippen LogP contribution in [0, 0.1) is 5.92 Å². The zero-order chi connectivity index (χ0) is 20.8. The lowest BCUT2D eigenvalue weighted by molar-refractivity contribution is 0.202. The highest BCUT2D eigenvalue weighted by atomic mass is 32.1. The van der Waals surface area contributed by atoms with Crippen LogP contribution >= 0.6 is 11.3 Å². The van der Waals surface area contributed by atoms with Crippen LogP contribution in [-0.2, 0) is 6.54 Å². The maximum atomic E-state index is 6.13. The molecule has 1 aromatic heterocycles. The van der Waals surface area contributed by atoms with E-state index in [4.69, 9.17) is 20.2 Å². The number of ether oxygens (including phenoxy) is 2. The molecule has 3 aromatic rings. The monoisotopic (exact) mass is 425 g/mol. The predicted octanol–water partition coefficient (Wildman–Crippen LogP) is 5.23. The number of nitrogens with zero attached hydrogens (tertiary/aromatic N) is 2. The molecule has 1 heterocycles. The molecule has 0 spiro atoms. The van der Waals surface area contributed by atoms with Gasteiger partial charge in [0.2, 0.25) is 0 Å². The van der Waals surface area contributed by atoms with Crippen molar-refractivity contribution in [1.82, 2.24) is 4.98 Å². The van der Waals surface area contributed by atoms with Crippen LogP contribution in [0.1, 0.15) is 37.7 Å². The van der Waals surface area contributed by atoms with Crippen LogP contribution < -0.4 is 20.1 Å². The largest absolute Gasteiger partial charge is 0.493 e. The summed E-state index contributed by atoms with van der Waals surface area (Å²) in [5.74, 6) is 2.29. The second-order valence-corrected chi connectivity index (χ2v) is 8.98. The number of hydrogen-bond acceptors (Lipinski definition) is 6. The summed E-state index contributed by atoms with van der Waals surface area (Å²) >= 11 is 1.70. The summed E-state index contributed by atoms with van der Waals surface area (Å²) in [5.41, 5.74) is 8.08. The van der Waals surface area contributed by atoms with Gasteiger partial charge >= 0.3 is 0 Å². The number of benzene rings is 2. The third-order valence-corrected chi connectivity index (χ3v) is 6.85. The van der Waals surface area contributed by atoms with Gasteiger partial charge in [0.15, 0.2) is 16.6 Å². The molecular weight excluding hydrogens is 394 g/mol. The number of hydrogen-bond donors (Lipinski definition) is 1. The minimum absolute atomic E-state index is 0.579. The summed E-state index contributed by atoms with van der Waals surface area (Å²) in [7, 11) is 1.71. The highest BCUT2D eigenvalue weighted by molar-refractivity contribution is 7.22. The van der Waals surface area contributed by atoms with Crippen molar-refractivity contribution in [3.8, 4) is 11.5 Å². The average Bonchev–Trinajstić information content (AvgIpc) is 3.23. The van der Waals surface area contributed by atoms with E-state index < -0.39 is 0 Å². The molecule has 0 saturated heterocycles. The third-order valence-electron chi connectivity index (χ3n) is 5.75. The Morgan fingerprint density at radius 2 is 1.93 bits per heavy atom. The Bertz CT molecular complexity index is 920. The summed E-state index contributed by atoms with van der Waals surface area (Å²) in [6, 6.07) is 14.5. The van der Waals surface area contributed by atoms with Crippen molar-refractivity contribution >= 4 is 26.7 Å². The normalized spacial score (nSPS) is 14.7. The Balaban J connectivity index is 1.47. The van der Waals surface area contributed by atoms with Crippen LogP contribution in [0.15, 0.2) is 42.5 Å². The number of nitrogens with two attached hydrogens (primary N) is 1. The molecule has 1 fully saturated rings. The number of para-hydroxylation sites is 1. The smallest absolute Gasteiger partial charge is 0.186 e. The molecule has 6 heteroatoms. The summed E-state index contributed by atoms with van der Waals surface area (Å²) in [6.07, 6.45) is 6.56. The molecular formula is C24H31N3O2S. The first-order valence-electron chi connectivity index (χ1n) is 10.9. The molecule has 1 aliphatic rings. The third kappa shape index (κ3) is 5.05. The van der Waals surface area contributed by atoms with Gasteiger partial charge in [0.05, 0.1) is 23.9 Å². The molecule has 5 nitrogen and oxygen atoms in total. The lowest BCUT2D eigenvalue weighted by atomic mass is 9.90. The quantitative estimate of drug-likeness (QED) is 0.509. The molecule has 0 atom stereocenters. The Kier molecular flexibility index (Phi) is 7.07. The van der Waals surface area contributed by atoms with Crippen LogP contribution in [0.3, 0.4) is 0 Å². The Labute approximate surface area is 182 Å². The molecule has 0 amide bonds. The van der Waals surface area contributed by atoms with Gasteiger partial charge in [0.25, 0.3) is 0 Å². The molecule has 1 aliphatic carbocycles. The SMILES string of the molecule is COc1cc(CN(CCN)c2nc3ccccc3s2)ccc1OCC1CCCCC1. The molecule has 30 heavy (non-hydrogen) atoms. The van der Waals surface area contributed by atoms with Gasteiger partial charge in [-0.2, -0.15) is 0 Å². The minimum atomic E-state index is 0.579. The summed E-state index contributed by atoms with van der Waals surface area (Å²) in [4.78, 5) is 7.04. The van der Waals surface area contributed by atoms with Gasteiger partial charge < -0.3 is 20.1 Å². The Hall–Kier alpha value is -2.31. The molecule has 1 saturated carbocycles. The number of thiazole rings is 1. The number of rotatable bonds is 9. The van der Waals surface area contributed by atoms with Gasteiger partial charge in [-0.15, -0.1) is 0 Å². The number of aromatic nitrogens is 1. The molecule has 0 aliphatic heterocycles. The van der Waals surface area contributed by atoms with E-state index in [9.17, 15) is 0 Å². The fourth-order valence-electron chi connectivity index (χ4n) is 4.10. The summed E-state index contributed by atoms with van der Waals surface area (Å²) < 4.78 is 13.0. The molecule has 160 valence electrons. The highest BCUT2D eigenvalue weighted by Crippen LogP contribution is 2.33. The standard InChI is InChI=1S/C24H31N3O2S/c1-28-22-15-19(11-12-21(22)29-17-18-7-3-2-4-8-18)16-27(14-13-25)24-26-20-9-5-6-10-23(20)30-24/h5-6,9-12,15,18H,2-4,7-8,13-14,16-17,25H2,1H3. The fraction of sp³-hybridized carbons (Fsp3) is 0.458.